The van der Waals surface area contributed by atoms with Crippen LogP contribution < -0.4 is 10.6 Å². The molecule has 1 unspecified atom stereocenters. The van der Waals surface area contributed by atoms with Crippen molar-refractivity contribution in [2.75, 3.05) is 6.54 Å². The Bertz CT molecular complexity index is 379. The number of hydrogen-bond donors (Lipinski definition) is 2. The van der Waals surface area contributed by atoms with Gasteiger partial charge in [-0.1, -0.05) is 6.92 Å². The summed E-state index contributed by atoms with van der Waals surface area (Å²) in [4.78, 5) is 26.8. The Labute approximate surface area is 101 Å². The van der Waals surface area contributed by atoms with Gasteiger partial charge in [0.1, 0.15) is 0 Å². The fraction of sp³-hybridized carbons (Fsp3) is 0.417. The highest BCUT2D eigenvalue weighted by molar-refractivity contribution is 5.96. The Morgan fingerprint density at radius 1 is 1.47 bits per heavy atom. The molecule has 0 saturated carbocycles. The van der Waals surface area contributed by atoms with Crippen molar-refractivity contribution in [3.63, 3.8) is 0 Å². The first-order valence-corrected chi connectivity index (χ1v) is 5.61. The van der Waals surface area contributed by atoms with Crippen LogP contribution in [0.15, 0.2) is 24.5 Å². The van der Waals surface area contributed by atoms with Gasteiger partial charge in [0, 0.05) is 18.4 Å². The summed E-state index contributed by atoms with van der Waals surface area (Å²) in [6, 6.07) is 3.45. The molecular weight excluding hydrogens is 218 g/mol. The molecule has 0 aromatic carbocycles. The van der Waals surface area contributed by atoms with E-state index >= 15 is 0 Å². The number of hydrogen-bond acceptors (Lipinski definition) is 3. The van der Waals surface area contributed by atoms with E-state index in [0.29, 0.717) is 5.56 Å². The molecule has 5 nitrogen and oxygen atoms in total. The van der Waals surface area contributed by atoms with E-state index in [1.165, 1.54) is 6.20 Å². The molecule has 0 saturated heterocycles. The smallest absolute Gasteiger partial charge is 0.253 e. The number of pyridine rings is 1. The average molecular weight is 235 g/mol. The van der Waals surface area contributed by atoms with Crippen molar-refractivity contribution in [2.24, 2.45) is 0 Å². The van der Waals surface area contributed by atoms with Crippen LogP contribution in [0, 0.1) is 0 Å². The Hall–Kier alpha value is -1.91. The molecule has 0 aliphatic carbocycles. The van der Waals surface area contributed by atoms with Gasteiger partial charge in [0.15, 0.2) is 0 Å². The van der Waals surface area contributed by atoms with Crippen LogP contribution in [0.2, 0.25) is 0 Å². The first-order chi connectivity index (χ1) is 8.13. The molecule has 1 aromatic rings. The SMILES string of the molecule is CCC(C)NC(=O)CNC(=O)c1cccnc1. The quantitative estimate of drug-likeness (QED) is 0.790. The molecule has 0 fully saturated rings. The van der Waals surface area contributed by atoms with Crippen LogP contribution in [0.4, 0.5) is 0 Å². The molecule has 0 aliphatic heterocycles. The van der Waals surface area contributed by atoms with E-state index in [9.17, 15) is 9.59 Å². The highest BCUT2D eigenvalue weighted by Crippen LogP contribution is 1.94. The minimum absolute atomic E-state index is 0.0158. The van der Waals surface area contributed by atoms with Gasteiger partial charge in [-0.3, -0.25) is 14.6 Å². The van der Waals surface area contributed by atoms with Gasteiger partial charge in [-0.05, 0) is 25.5 Å². The molecule has 2 N–H and O–H groups in total. The highest BCUT2D eigenvalue weighted by atomic mass is 16.2. The summed E-state index contributed by atoms with van der Waals surface area (Å²) < 4.78 is 0. The summed E-state index contributed by atoms with van der Waals surface area (Å²) in [5.41, 5.74) is 0.448. The van der Waals surface area contributed by atoms with E-state index < -0.39 is 0 Å². The van der Waals surface area contributed by atoms with E-state index in [0.717, 1.165) is 6.42 Å². The standard InChI is InChI=1S/C12H17N3O2/c1-3-9(2)15-11(16)8-14-12(17)10-5-4-6-13-7-10/h4-7,9H,3,8H2,1-2H3,(H,14,17)(H,15,16). The third kappa shape index (κ3) is 4.63. The normalized spacial score (nSPS) is 11.6. The van der Waals surface area contributed by atoms with Crippen LogP contribution in [0.5, 0.6) is 0 Å². The molecule has 1 rings (SSSR count). The van der Waals surface area contributed by atoms with Crippen molar-refractivity contribution in [1.29, 1.82) is 0 Å². The summed E-state index contributed by atoms with van der Waals surface area (Å²) in [6.45, 7) is 3.89. The summed E-state index contributed by atoms with van der Waals surface area (Å²) >= 11 is 0. The van der Waals surface area contributed by atoms with Gasteiger partial charge in [-0.25, -0.2) is 0 Å². The molecule has 17 heavy (non-hydrogen) atoms. The Morgan fingerprint density at radius 2 is 2.24 bits per heavy atom. The van der Waals surface area contributed by atoms with Crippen molar-refractivity contribution >= 4 is 11.8 Å². The van der Waals surface area contributed by atoms with E-state index in [1.54, 1.807) is 18.3 Å². The van der Waals surface area contributed by atoms with Crippen LogP contribution >= 0.6 is 0 Å². The monoisotopic (exact) mass is 235 g/mol. The molecule has 0 bridgehead atoms. The van der Waals surface area contributed by atoms with Crippen molar-refractivity contribution < 1.29 is 9.59 Å². The fourth-order valence-corrected chi connectivity index (χ4v) is 1.19. The second kappa shape index (κ2) is 6.62. The van der Waals surface area contributed by atoms with Crippen molar-refractivity contribution in [3.8, 4) is 0 Å². The lowest BCUT2D eigenvalue weighted by atomic mass is 10.2. The zero-order valence-corrected chi connectivity index (χ0v) is 10.1. The highest BCUT2D eigenvalue weighted by Gasteiger charge is 2.09. The van der Waals surface area contributed by atoms with Crippen molar-refractivity contribution in [2.45, 2.75) is 26.3 Å². The molecule has 1 aromatic heterocycles. The van der Waals surface area contributed by atoms with Gasteiger partial charge in [0.2, 0.25) is 5.91 Å². The fourth-order valence-electron chi connectivity index (χ4n) is 1.19. The minimum atomic E-state index is -0.294. The first kappa shape index (κ1) is 13.2. The zero-order chi connectivity index (χ0) is 12.7. The van der Waals surface area contributed by atoms with E-state index in [1.807, 2.05) is 13.8 Å². The predicted octanol–water partition coefficient (Wildman–Crippen LogP) is 0.726. The number of nitrogens with zero attached hydrogens (tertiary/aromatic N) is 1. The predicted molar refractivity (Wildman–Crippen MR) is 64.5 cm³/mol. The molecule has 0 spiro atoms. The average Bonchev–Trinajstić information content (AvgIpc) is 2.36. The minimum Gasteiger partial charge on any atom is -0.352 e. The van der Waals surface area contributed by atoms with E-state index in [2.05, 4.69) is 15.6 Å². The third-order valence-electron chi connectivity index (χ3n) is 2.35. The Balaban J connectivity index is 2.36. The van der Waals surface area contributed by atoms with Gasteiger partial charge in [0.05, 0.1) is 12.1 Å². The van der Waals surface area contributed by atoms with Crippen LogP contribution in [0.3, 0.4) is 0 Å². The van der Waals surface area contributed by atoms with Crippen LogP contribution in [-0.2, 0) is 4.79 Å². The number of rotatable bonds is 5. The second-order valence-electron chi connectivity index (χ2n) is 3.80. The number of aromatic nitrogens is 1. The van der Waals surface area contributed by atoms with Gasteiger partial charge in [-0.2, -0.15) is 0 Å². The molecule has 5 heteroatoms. The molecule has 1 atom stereocenters. The molecule has 1 heterocycles. The maximum atomic E-state index is 11.6. The van der Waals surface area contributed by atoms with Crippen molar-refractivity contribution in [3.05, 3.63) is 30.1 Å². The summed E-state index contributed by atoms with van der Waals surface area (Å²) in [5, 5.41) is 5.30. The summed E-state index contributed by atoms with van der Waals surface area (Å²) in [5.74, 6) is -0.478. The molecule has 0 radical (unpaired) electrons. The Morgan fingerprint density at radius 3 is 2.82 bits per heavy atom. The topological polar surface area (TPSA) is 71.1 Å². The van der Waals surface area contributed by atoms with Gasteiger partial charge >= 0.3 is 0 Å². The maximum Gasteiger partial charge on any atom is 0.253 e. The molecule has 0 aliphatic rings. The summed E-state index contributed by atoms with van der Waals surface area (Å²) in [7, 11) is 0. The van der Waals surface area contributed by atoms with Crippen LogP contribution in [0.1, 0.15) is 30.6 Å². The first-order valence-electron chi connectivity index (χ1n) is 5.61. The van der Waals surface area contributed by atoms with Crippen LogP contribution in [-0.4, -0.2) is 29.4 Å². The largest absolute Gasteiger partial charge is 0.352 e. The van der Waals surface area contributed by atoms with Gasteiger partial charge in [-0.15, -0.1) is 0 Å². The lowest BCUT2D eigenvalue weighted by Gasteiger charge is -2.11. The third-order valence-corrected chi connectivity index (χ3v) is 2.35. The number of nitrogens with one attached hydrogen (secondary N) is 2. The van der Waals surface area contributed by atoms with E-state index in [-0.39, 0.29) is 24.4 Å². The lowest BCUT2D eigenvalue weighted by molar-refractivity contribution is -0.120. The molecular formula is C12H17N3O2. The maximum absolute atomic E-state index is 11.6. The molecule has 92 valence electrons. The summed E-state index contributed by atoms with van der Waals surface area (Å²) in [6.07, 6.45) is 3.91. The lowest BCUT2D eigenvalue weighted by Crippen LogP contribution is -2.40. The van der Waals surface area contributed by atoms with Crippen molar-refractivity contribution in [1.82, 2.24) is 15.6 Å². The van der Waals surface area contributed by atoms with Gasteiger partial charge < -0.3 is 10.6 Å². The number of carbonyl (C=O) groups excluding carboxylic acids is 2. The van der Waals surface area contributed by atoms with Crippen LogP contribution in [0.25, 0.3) is 0 Å². The second-order valence-corrected chi connectivity index (χ2v) is 3.80. The number of amides is 2. The molecule has 2 amide bonds. The zero-order valence-electron chi connectivity index (χ0n) is 10.1. The number of carbonyl (C=O) groups is 2. The van der Waals surface area contributed by atoms with Gasteiger partial charge in [0.25, 0.3) is 5.91 Å². The Kier molecular flexibility index (Phi) is 5.13. The van der Waals surface area contributed by atoms with E-state index in [4.69, 9.17) is 0 Å².